The quantitative estimate of drug-likeness (QED) is 0.889. The highest BCUT2D eigenvalue weighted by molar-refractivity contribution is 7.10. The normalized spacial score (nSPS) is 20.9. The molecule has 3 heterocycles. The Hall–Kier alpha value is -1.27. The van der Waals surface area contributed by atoms with Crippen LogP contribution in [0.25, 0.3) is 0 Å². The standard InChI is InChI=1S/C17H23N3OS/c1-14-13-20(7-8-21-14)16(17-5-3-9-22-17)12-19-11-15-4-2-6-18-10-15/h2-6,9-10,14,16,19H,7-8,11-13H2,1H3. The van der Waals surface area contributed by atoms with Gasteiger partial charge in [-0.3, -0.25) is 9.88 Å². The summed E-state index contributed by atoms with van der Waals surface area (Å²) in [6, 6.07) is 8.89. The molecule has 22 heavy (non-hydrogen) atoms. The van der Waals surface area contributed by atoms with Crippen molar-refractivity contribution in [2.24, 2.45) is 0 Å². The first-order valence-electron chi connectivity index (χ1n) is 7.81. The lowest BCUT2D eigenvalue weighted by Gasteiger charge is -2.37. The lowest BCUT2D eigenvalue weighted by Crippen LogP contribution is -2.45. The summed E-state index contributed by atoms with van der Waals surface area (Å²) in [4.78, 5) is 8.13. The largest absolute Gasteiger partial charge is 0.376 e. The summed E-state index contributed by atoms with van der Waals surface area (Å²) in [5.74, 6) is 0. The van der Waals surface area contributed by atoms with E-state index in [1.54, 1.807) is 0 Å². The van der Waals surface area contributed by atoms with Gasteiger partial charge in [-0.1, -0.05) is 12.1 Å². The second-order valence-corrected chi connectivity index (χ2v) is 6.68. The Morgan fingerprint density at radius 2 is 2.41 bits per heavy atom. The molecule has 1 aliphatic rings. The van der Waals surface area contributed by atoms with Crippen LogP contribution >= 0.6 is 11.3 Å². The van der Waals surface area contributed by atoms with Gasteiger partial charge in [0.25, 0.3) is 0 Å². The van der Waals surface area contributed by atoms with Crippen LogP contribution in [0.2, 0.25) is 0 Å². The molecule has 1 aliphatic heterocycles. The molecule has 1 saturated heterocycles. The number of thiophene rings is 1. The summed E-state index contributed by atoms with van der Waals surface area (Å²) in [6.45, 7) is 6.78. The number of rotatable bonds is 6. The molecular formula is C17H23N3OS. The summed E-state index contributed by atoms with van der Waals surface area (Å²) < 4.78 is 5.68. The fourth-order valence-corrected chi connectivity index (χ4v) is 3.74. The lowest BCUT2D eigenvalue weighted by atomic mass is 10.1. The van der Waals surface area contributed by atoms with E-state index in [0.717, 1.165) is 32.8 Å². The van der Waals surface area contributed by atoms with Crippen LogP contribution in [0.1, 0.15) is 23.4 Å². The van der Waals surface area contributed by atoms with Crippen LogP contribution in [0.15, 0.2) is 42.0 Å². The molecule has 0 bridgehead atoms. The zero-order valence-corrected chi connectivity index (χ0v) is 13.8. The van der Waals surface area contributed by atoms with Crippen molar-refractivity contribution in [3.63, 3.8) is 0 Å². The average molecular weight is 317 g/mol. The number of hydrogen-bond acceptors (Lipinski definition) is 5. The van der Waals surface area contributed by atoms with E-state index >= 15 is 0 Å². The maximum Gasteiger partial charge on any atom is 0.0674 e. The Labute approximate surface area is 136 Å². The molecule has 2 atom stereocenters. The zero-order chi connectivity index (χ0) is 15.2. The molecule has 1 N–H and O–H groups in total. The van der Waals surface area contributed by atoms with Gasteiger partial charge in [0.1, 0.15) is 0 Å². The van der Waals surface area contributed by atoms with Gasteiger partial charge in [0.15, 0.2) is 0 Å². The number of aromatic nitrogens is 1. The molecule has 2 unspecified atom stereocenters. The Morgan fingerprint density at radius 1 is 1.45 bits per heavy atom. The third kappa shape index (κ3) is 4.14. The topological polar surface area (TPSA) is 37.4 Å². The molecule has 2 aromatic heterocycles. The van der Waals surface area contributed by atoms with Crippen molar-refractivity contribution in [3.05, 3.63) is 52.5 Å². The van der Waals surface area contributed by atoms with Crippen LogP contribution < -0.4 is 5.32 Å². The van der Waals surface area contributed by atoms with Gasteiger partial charge < -0.3 is 10.1 Å². The molecule has 118 valence electrons. The summed E-state index contributed by atoms with van der Waals surface area (Å²) in [6.07, 6.45) is 4.05. The van der Waals surface area contributed by atoms with Crippen LogP contribution in [0.3, 0.4) is 0 Å². The van der Waals surface area contributed by atoms with Crippen molar-refractivity contribution in [2.75, 3.05) is 26.2 Å². The summed E-state index contributed by atoms with van der Waals surface area (Å²) in [7, 11) is 0. The van der Waals surface area contributed by atoms with E-state index < -0.39 is 0 Å². The Kier molecular flexibility index (Phi) is 5.56. The van der Waals surface area contributed by atoms with Crippen LogP contribution in [-0.4, -0.2) is 42.2 Å². The Balaban J connectivity index is 1.61. The predicted octanol–water partition coefficient (Wildman–Crippen LogP) is 2.69. The molecule has 0 saturated carbocycles. The second kappa shape index (κ2) is 7.83. The minimum atomic E-state index is 0.314. The third-order valence-electron chi connectivity index (χ3n) is 3.97. The summed E-state index contributed by atoms with van der Waals surface area (Å²) in [5.41, 5.74) is 1.22. The molecule has 4 nitrogen and oxygen atoms in total. The molecular weight excluding hydrogens is 294 g/mol. The number of pyridine rings is 1. The zero-order valence-electron chi connectivity index (χ0n) is 12.9. The maximum absolute atomic E-state index is 5.68. The fourth-order valence-electron chi connectivity index (χ4n) is 2.87. The van der Waals surface area contributed by atoms with Crippen molar-refractivity contribution < 1.29 is 4.74 Å². The van der Waals surface area contributed by atoms with Crippen molar-refractivity contribution in [1.82, 2.24) is 15.2 Å². The first-order chi connectivity index (χ1) is 10.8. The average Bonchev–Trinajstić information content (AvgIpc) is 3.07. The van der Waals surface area contributed by atoms with E-state index in [0.29, 0.717) is 12.1 Å². The predicted molar refractivity (Wildman–Crippen MR) is 90.0 cm³/mol. The minimum Gasteiger partial charge on any atom is -0.376 e. The monoisotopic (exact) mass is 317 g/mol. The lowest BCUT2D eigenvalue weighted by molar-refractivity contribution is -0.0339. The van der Waals surface area contributed by atoms with Gasteiger partial charge in [0, 0.05) is 43.4 Å². The van der Waals surface area contributed by atoms with Gasteiger partial charge in [-0.05, 0) is 30.0 Å². The molecule has 0 aromatic carbocycles. The van der Waals surface area contributed by atoms with E-state index in [-0.39, 0.29) is 0 Å². The first kappa shape index (κ1) is 15.6. The molecule has 1 fully saturated rings. The molecule has 5 heteroatoms. The Bertz CT molecular complexity index is 546. The number of morpholine rings is 1. The van der Waals surface area contributed by atoms with Crippen LogP contribution in [-0.2, 0) is 11.3 Å². The number of ether oxygens (including phenoxy) is 1. The van der Waals surface area contributed by atoms with E-state index in [2.05, 4.69) is 45.7 Å². The van der Waals surface area contributed by atoms with Crippen molar-refractivity contribution >= 4 is 11.3 Å². The molecule has 0 spiro atoms. The third-order valence-corrected chi connectivity index (χ3v) is 4.95. The van der Waals surface area contributed by atoms with E-state index in [9.17, 15) is 0 Å². The van der Waals surface area contributed by atoms with Gasteiger partial charge in [0.05, 0.1) is 18.8 Å². The van der Waals surface area contributed by atoms with Gasteiger partial charge in [-0.15, -0.1) is 11.3 Å². The number of hydrogen-bond donors (Lipinski definition) is 1. The molecule has 0 radical (unpaired) electrons. The Morgan fingerprint density at radius 3 is 3.14 bits per heavy atom. The molecule has 0 amide bonds. The van der Waals surface area contributed by atoms with Gasteiger partial charge in [-0.2, -0.15) is 0 Å². The summed E-state index contributed by atoms with van der Waals surface area (Å²) in [5, 5.41) is 5.75. The highest BCUT2D eigenvalue weighted by atomic mass is 32.1. The molecule has 0 aliphatic carbocycles. The van der Waals surface area contributed by atoms with Crippen molar-refractivity contribution in [3.8, 4) is 0 Å². The number of nitrogens with zero attached hydrogens (tertiary/aromatic N) is 2. The molecule has 3 rings (SSSR count). The molecule has 2 aromatic rings. The highest BCUT2D eigenvalue weighted by Crippen LogP contribution is 2.26. The van der Waals surface area contributed by atoms with Crippen molar-refractivity contribution in [2.45, 2.75) is 25.6 Å². The van der Waals surface area contributed by atoms with Gasteiger partial charge in [-0.25, -0.2) is 0 Å². The number of nitrogens with one attached hydrogen (secondary N) is 1. The first-order valence-corrected chi connectivity index (χ1v) is 8.69. The van der Waals surface area contributed by atoms with Gasteiger partial charge in [0.2, 0.25) is 0 Å². The fraction of sp³-hybridized carbons (Fsp3) is 0.471. The van der Waals surface area contributed by atoms with Crippen molar-refractivity contribution in [1.29, 1.82) is 0 Å². The second-order valence-electron chi connectivity index (χ2n) is 5.70. The minimum absolute atomic E-state index is 0.314. The van der Waals surface area contributed by atoms with Crippen LogP contribution in [0, 0.1) is 0 Å². The van der Waals surface area contributed by atoms with E-state index in [4.69, 9.17) is 4.74 Å². The van der Waals surface area contributed by atoms with Crippen LogP contribution in [0.5, 0.6) is 0 Å². The van der Waals surface area contributed by atoms with Crippen LogP contribution in [0.4, 0.5) is 0 Å². The van der Waals surface area contributed by atoms with Gasteiger partial charge >= 0.3 is 0 Å². The highest BCUT2D eigenvalue weighted by Gasteiger charge is 2.25. The smallest absolute Gasteiger partial charge is 0.0674 e. The SMILES string of the molecule is CC1CN(C(CNCc2cccnc2)c2cccs2)CCO1. The van der Waals surface area contributed by atoms with E-state index in [1.807, 2.05) is 29.8 Å². The maximum atomic E-state index is 5.68. The summed E-state index contributed by atoms with van der Waals surface area (Å²) >= 11 is 1.84. The van der Waals surface area contributed by atoms with E-state index in [1.165, 1.54) is 10.4 Å².